The molecule has 3 aromatic rings. The summed E-state index contributed by atoms with van der Waals surface area (Å²) in [7, 11) is 0. The third kappa shape index (κ3) is 4.80. The van der Waals surface area contributed by atoms with Gasteiger partial charge >= 0.3 is 0 Å². The number of aliphatic hydroxyl groups is 1. The molecule has 0 amide bonds. The van der Waals surface area contributed by atoms with E-state index in [0.717, 1.165) is 29.3 Å². The number of pyridine rings is 1. The van der Waals surface area contributed by atoms with Gasteiger partial charge in [-0.1, -0.05) is 44.2 Å². The molecule has 0 unspecified atom stereocenters. The highest BCUT2D eigenvalue weighted by atomic mass is 16.5. The molecular formula is C21H24N4O2. The lowest BCUT2D eigenvalue weighted by molar-refractivity contribution is 0.266. The van der Waals surface area contributed by atoms with Gasteiger partial charge in [0.25, 0.3) is 0 Å². The second-order valence-corrected chi connectivity index (χ2v) is 6.27. The highest BCUT2D eigenvalue weighted by molar-refractivity contribution is 5.81. The van der Waals surface area contributed by atoms with Crippen molar-refractivity contribution >= 4 is 22.7 Å². The predicted octanol–water partition coefficient (Wildman–Crippen LogP) is 3.82. The van der Waals surface area contributed by atoms with Crippen LogP contribution in [0.1, 0.15) is 31.3 Å². The van der Waals surface area contributed by atoms with Crippen molar-refractivity contribution in [3.8, 4) is 5.75 Å². The van der Waals surface area contributed by atoms with Crippen molar-refractivity contribution in [3.63, 3.8) is 0 Å². The van der Waals surface area contributed by atoms with E-state index in [2.05, 4.69) is 33.8 Å². The van der Waals surface area contributed by atoms with Gasteiger partial charge in [0.2, 0.25) is 0 Å². The summed E-state index contributed by atoms with van der Waals surface area (Å²) in [6, 6.07) is 9.98. The summed E-state index contributed by atoms with van der Waals surface area (Å²) >= 11 is 0. The summed E-state index contributed by atoms with van der Waals surface area (Å²) in [4.78, 5) is 13.1. The molecule has 0 aliphatic rings. The molecule has 2 heterocycles. The van der Waals surface area contributed by atoms with E-state index < -0.39 is 0 Å². The Kier molecular flexibility index (Phi) is 6.33. The number of rotatable bonds is 9. The molecule has 27 heavy (non-hydrogen) atoms. The third-order valence-corrected chi connectivity index (χ3v) is 4.22. The smallest absolute Gasteiger partial charge is 0.180 e. The second kappa shape index (κ2) is 9.09. The molecule has 6 nitrogen and oxygen atoms in total. The van der Waals surface area contributed by atoms with Crippen molar-refractivity contribution < 1.29 is 9.84 Å². The van der Waals surface area contributed by atoms with E-state index in [4.69, 9.17) is 4.74 Å². The van der Waals surface area contributed by atoms with E-state index in [0.29, 0.717) is 24.0 Å². The van der Waals surface area contributed by atoms with E-state index in [9.17, 15) is 5.11 Å². The Bertz CT molecular complexity index is 914. The van der Waals surface area contributed by atoms with Crippen LogP contribution in [0.3, 0.4) is 0 Å². The van der Waals surface area contributed by atoms with Gasteiger partial charge in [-0.15, -0.1) is 0 Å². The molecule has 1 aromatic carbocycles. The lowest BCUT2D eigenvalue weighted by Crippen LogP contribution is -2.24. The van der Waals surface area contributed by atoms with Crippen molar-refractivity contribution in [3.05, 3.63) is 60.8 Å². The molecule has 6 heteroatoms. The summed E-state index contributed by atoms with van der Waals surface area (Å²) in [5, 5.41) is 15.0. The number of benzene rings is 1. The number of aromatic nitrogens is 3. The van der Waals surface area contributed by atoms with Crippen LogP contribution in [0.2, 0.25) is 0 Å². The molecule has 2 aromatic heterocycles. The standard InChI is InChI=1S/C21H24N4O2/c1-3-7-17(13-26)24-21-19(12-23-20(4-2)25-21)27-14-18-10-15-8-5-6-9-16(15)11-22-18/h4-6,8-12,17,26H,2-3,7,13-14H2,1H3,(H,23,24,25)/t17-/m0/s1. The number of anilines is 1. The first-order valence-electron chi connectivity index (χ1n) is 9.06. The van der Waals surface area contributed by atoms with Gasteiger partial charge in [-0.25, -0.2) is 9.97 Å². The minimum atomic E-state index is -0.0938. The predicted molar refractivity (Wildman–Crippen MR) is 108 cm³/mol. The van der Waals surface area contributed by atoms with Crippen molar-refractivity contribution in [2.75, 3.05) is 11.9 Å². The van der Waals surface area contributed by atoms with Crippen LogP contribution < -0.4 is 10.1 Å². The summed E-state index contributed by atoms with van der Waals surface area (Å²) < 4.78 is 5.93. The molecule has 0 radical (unpaired) electrons. The van der Waals surface area contributed by atoms with E-state index in [1.165, 1.54) is 0 Å². The number of nitrogens with zero attached hydrogens (tertiary/aromatic N) is 3. The van der Waals surface area contributed by atoms with E-state index >= 15 is 0 Å². The van der Waals surface area contributed by atoms with Crippen LogP contribution in [-0.2, 0) is 6.61 Å². The van der Waals surface area contributed by atoms with Crippen LogP contribution in [-0.4, -0.2) is 32.7 Å². The number of ether oxygens (including phenoxy) is 1. The molecule has 0 saturated carbocycles. The van der Waals surface area contributed by atoms with Crippen LogP contribution in [0.5, 0.6) is 5.75 Å². The summed E-state index contributed by atoms with van der Waals surface area (Å²) in [6.45, 7) is 6.10. The van der Waals surface area contributed by atoms with Gasteiger partial charge < -0.3 is 15.2 Å². The van der Waals surface area contributed by atoms with Gasteiger partial charge in [-0.05, 0) is 23.9 Å². The molecular weight excluding hydrogens is 340 g/mol. The maximum atomic E-state index is 9.57. The quantitative estimate of drug-likeness (QED) is 0.601. The van der Waals surface area contributed by atoms with Gasteiger partial charge in [0, 0.05) is 11.6 Å². The lowest BCUT2D eigenvalue weighted by Gasteiger charge is -2.18. The number of hydrogen-bond acceptors (Lipinski definition) is 6. The molecule has 1 atom stereocenters. The minimum Gasteiger partial charge on any atom is -0.482 e. The Morgan fingerprint density at radius 1 is 1.22 bits per heavy atom. The number of aliphatic hydroxyl groups excluding tert-OH is 1. The van der Waals surface area contributed by atoms with Crippen LogP contribution in [0.25, 0.3) is 16.8 Å². The fourth-order valence-electron chi connectivity index (χ4n) is 2.80. The van der Waals surface area contributed by atoms with Crippen molar-refractivity contribution in [1.29, 1.82) is 0 Å². The summed E-state index contributed by atoms with van der Waals surface area (Å²) in [6.07, 6.45) is 6.82. The van der Waals surface area contributed by atoms with Crippen molar-refractivity contribution in [1.82, 2.24) is 15.0 Å². The van der Waals surface area contributed by atoms with E-state index in [1.54, 1.807) is 12.3 Å². The van der Waals surface area contributed by atoms with Gasteiger partial charge in [-0.3, -0.25) is 4.98 Å². The van der Waals surface area contributed by atoms with Crippen LogP contribution in [0, 0.1) is 0 Å². The van der Waals surface area contributed by atoms with Gasteiger partial charge in [-0.2, -0.15) is 0 Å². The average molecular weight is 364 g/mol. The first-order chi connectivity index (χ1) is 13.2. The Labute approximate surface area is 159 Å². The fraction of sp³-hybridized carbons (Fsp3) is 0.286. The topological polar surface area (TPSA) is 80.2 Å². The molecule has 0 fully saturated rings. The normalized spacial score (nSPS) is 11.9. The number of fused-ring (bicyclic) bond motifs is 1. The second-order valence-electron chi connectivity index (χ2n) is 6.27. The zero-order chi connectivity index (χ0) is 19.1. The molecule has 0 saturated heterocycles. The molecule has 2 N–H and O–H groups in total. The maximum absolute atomic E-state index is 9.57. The Hall–Kier alpha value is -2.99. The molecule has 0 aliphatic carbocycles. The van der Waals surface area contributed by atoms with E-state index in [-0.39, 0.29) is 12.6 Å². The Morgan fingerprint density at radius 3 is 2.78 bits per heavy atom. The largest absolute Gasteiger partial charge is 0.482 e. The SMILES string of the molecule is C=Cc1ncc(OCc2cc3ccccc3cn2)c(N[C@H](CO)CCC)n1. The number of hydrogen-bond donors (Lipinski definition) is 2. The Balaban J connectivity index is 1.78. The fourth-order valence-corrected chi connectivity index (χ4v) is 2.80. The first kappa shape index (κ1) is 18.8. The zero-order valence-electron chi connectivity index (χ0n) is 15.4. The van der Waals surface area contributed by atoms with Crippen molar-refractivity contribution in [2.24, 2.45) is 0 Å². The maximum Gasteiger partial charge on any atom is 0.180 e. The van der Waals surface area contributed by atoms with E-state index in [1.807, 2.05) is 36.5 Å². The van der Waals surface area contributed by atoms with Gasteiger partial charge in [0.15, 0.2) is 17.4 Å². The van der Waals surface area contributed by atoms with Crippen LogP contribution in [0.15, 0.2) is 49.3 Å². The molecule has 140 valence electrons. The lowest BCUT2D eigenvalue weighted by atomic mass is 10.1. The van der Waals surface area contributed by atoms with Crippen LogP contribution in [0.4, 0.5) is 5.82 Å². The average Bonchev–Trinajstić information content (AvgIpc) is 2.72. The number of nitrogens with one attached hydrogen (secondary N) is 1. The summed E-state index contributed by atoms with van der Waals surface area (Å²) in [5.41, 5.74) is 0.819. The summed E-state index contributed by atoms with van der Waals surface area (Å²) in [5.74, 6) is 1.57. The van der Waals surface area contributed by atoms with Gasteiger partial charge in [0.1, 0.15) is 6.61 Å². The minimum absolute atomic E-state index is 0.0208. The molecule has 0 bridgehead atoms. The third-order valence-electron chi connectivity index (χ3n) is 4.22. The zero-order valence-corrected chi connectivity index (χ0v) is 15.4. The Morgan fingerprint density at radius 2 is 2.04 bits per heavy atom. The molecule has 0 aliphatic heterocycles. The van der Waals surface area contributed by atoms with Gasteiger partial charge in [0.05, 0.1) is 24.5 Å². The molecule has 3 rings (SSSR count). The highest BCUT2D eigenvalue weighted by Crippen LogP contribution is 2.24. The monoisotopic (exact) mass is 364 g/mol. The first-order valence-corrected chi connectivity index (χ1v) is 9.06. The molecule has 0 spiro atoms. The highest BCUT2D eigenvalue weighted by Gasteiger charge is 2.13. The van der Waals surface area contributed by atoms with Crippen molar-refractivity contribution in [2.45, 2.75) is 32.4 Å². The van der Waals surface area contributed by atoms with Crippen LogP contribution >= 0.6 is 0 Å².